The number of carbonyl (C=O) groups excluding carboxylic acids is 4. The Hall–Kier alpha value is -5.72. The Kier molecular flexibility index (Phi) is 12.3. The molecule has 3 fully saturated rings. The molecule has 303 valence electrons. The molecule has 0 bridgehead atoms. The molecule has 4 aliphatic heterocycles. The third-order valence-corrected chi connectivity index (χ3v) is 12.5. The molecule has 2 N–H and O–H groups in total. The number of imide groups is 2. The van der Waals surface area contributed by atoms with E-state index in [1.165, 1.54) is 53.6 Å². The number of hydrogen-bond donors (Lipinski definition) is 2. The molecule has 12 heteroatoms. The number of amides is 4. The summed E-state index contributed by atoms with van der Waals surface area (Å²) in [7, 11) is 0.707. The van der Waals surface area contributed by atoms with Crippen LogP contribution in [-0.4, -0.2) is 98.0 Å². The first kappa shape index (κ1) is 40.1. The van der Waals surface area contributed by atoms with Gasteiger partial charge in [-0.15, -0.1) is 0 Å². The van der Waals surface area contributed by atoms with Gasteiger partial charge in [-0.25, -0.2) is 0 Å². The molecule has 0 spiro atoms. The Labute approximate surface area is 346 Å². The number of nitrogens with one attached hydrogen (secondary N) is 1. The highest BCUT2D eigenvalue weighted by atomic mass is 16.5. The number of benzene rings is 4. The van der Waals surface area contributed by atoms with Crippen molar-refractivity contribution in [3.05, 3.63) is 125 Å². The molecule has 4 amide bonds. The van der Waals surface area contributed by atoms with Crippen molar-refractivity contribution in [1.29, 1.82) is 0 Å². The maximum absolute atomic E-state index is 13.3. The quantitative estimate of drug-likeness (QED) is 0.0929. The van der Waals surface area contributed by atoms with Gasteiger partial charge >= 0.3 is 7.69 Å². The van der Waals surface area contributed by atoms with Crippen molar-refractivity contribution < 1.29 is 28.9 Å². The van der Waals surface area contributed by atoms with E-state index in [0.717, 1.165) is 74.3 Å². The number of anilines is 2. The number of piperazine rings is 1. The van der Waals surface area contributed by atoms with Gasteiger partial charge in [-0.2, -0.15) is 0 Å². The molecule has 4 aromatic rings. The van der Waals surface area contributed by atoms with Crippen molar-refractivity contribution >= 4 is 53.8 Å². The number of carbonyl (C=O) groups is 4. The minimum atomic E-state index is -0.959. The van der Waals surface area contributed by atoms with Gasteiger partial charge in [0.15, 0.2) is 0 Å². The molecule has 8 rings (SSSR count). The largest absolute Gasteiger partial charge is 0.569 e. The van der Waals surface area contributed by atoms with E-state index in [0.29, 0.717) is 24.6 Å². The van der Waals surface area contributed by atoms with Crippen molar-refractivity contribution in [2.24, 2.45) is 5.92 Å². The lowest BCUT2D eigenvalue weighted by Crippen LogP contribution is -2.54. The maximum atomic E-state index is 13.3. The predicted molar refractivity (Wildman–Crippen MR) is 230 cm³/mol. The molecule has 0 saturated carbocycles. The minimum absolute atomic E-state index is 0.103. The van der Waals surface area contributed by atoms with Crippen LogP contribution in [0.1, 0.15) is 89.3 Å². The smallest absolute Gasteiger partial charge is 0.537 e. The molecule has 4 aromatic carbocycles. The fourth-order valence-electron chi connectivity index (χ4n) is 9.25. The summed E-state index contributed by atoms with van der Waals surface area (Å²) >= 11 is 0. The van der Waals surface area contributed by atoms with E-state index in [1.807, 2.05) is 24.3 Å². The summed E-state index contributed by atoms with van der Waals surface area (Å²) in [5, 5.41) is 11.4. The van der Waals surface area contributed by atoms with Crippen LogP contribution in [0.15, 0.2) is 97.1 Å². The standard InChI is InChI=1S/C47H51BN5O6/c1-2-39(33-8-4-3-5-9-33)44(35-12-17-38(18-13-35)59-48-58)34-10-14-36(15-11-34)51-25-22-32(23-26-51)7-6-24-50-27-29-52(30-28-50)37-16-19-40-41(31-37)47(57)53(46(40)56)42-20-21-43(54)49-45(42)55/h3-5,8-19,31-32,42,58H,2,6-7,20-30H2,1H3,(H,49,54,55)/b44-39+. The van der Waals surface area contributed by atoms with E-state index in [4.69, 9.17) is 9.68 Å². The summed E-state index contributed by atoms with van der Waals surface area (Å²) in [4.78, 5) is 58.9. The summed E-state index contributed by atoms with van der Waals surface area (Å²) in [6, 6.07) is 31.9. The van der Waals surface area contributed by atoms with E-state index in [2.05, 4.69) is 87.6 Å². The summed E-state index contributed by atoms with van der Waals surface area (Å²) in [6.07, 6.45) is 5.91. The van der Waals surface area contributed by atoms with Crippen molar-refractivity contribution in [2.75, 3.05) is 55.6 Å². The zero-order chi connectivity index (χ0) is 40.9. The van der Waals surface area contributed by atoms with Gasteiger partial charge in [-0.3, -0.25) is 34.3 Å². The lowest BCUT2D eigenvalue weighted by atomic mass is 9.88. The highest BCUT2D eigenvalue weighted by molar-refractivity contribution is 6.23. The lowest BCUT2D eigenvalue weighted by Gasteiger charge is -2.37. The van der Waals surface area contributed by atoms with Gasteiger partial charge < -0.3 is 19.5 Å². The summed E-state index contributed by atoms with van der Waals surface area (Å²) in [6.45, 7) is 8.93. The van der Waals surface area contributed by atoms with Crippen molar-refractivity contribution in [2.45, 2.75) is 57.9 Å². The molecule has 0 aromatic heterocycles. The average Bonchev–Trinajstić information content (AvgIpc) is 3.52. The van der Waals surface area contributed by atoms with E-state index < -0.39 is 23.8 Å². The van der Waals surface area contributed by atoms with Crippen LogP contribution in [0.4, 0.5) is 11.4 Å². The SMILES string of the molecule is CC/C(=C(\c1ccc(O[B]O)cc1)c1ccc(N2CCC(CCCN3CCN(c4ccc5c(c4)C(=O)N(C4CCC(=O)NC4=O)C5=O)CC3)CC2)cc1)c1ccccc1. The Morgan fingerprint density at radius 1 is 0.729 bits per heavy atom. The van der Waals surface area contributed by atoms with E-state index in [9.17, 15) is 19.2 Å². The Balaban J connectivity index is 0.813. The van der Waals surface area contributed by atoms with E-state index >= 15 is 0 Å². The number of hydrogen-bond acceptors (Lipinski definition) is 9. The summed E-state index contributed by atoms with van der Waals surface area (Å²) in [5.74, 6) is -0.611. The molecular formula is C47H51BN5O6. The van der Waals surface area contributed by atoms with Gasteiger partial charge in [0.2, 0.25) is 11.8 Å². The monoisotopic (exact) mass is 792 g/mol. The van der Waals surface area contributed by atoms with Crippen LogP contribution in [0.3, 0.4) is 0 Å². The Morgan fingerprint density at radius 2 is 1.37 bits per heavy atom. The van der Waals surface area contributed by atoms with Crippen molar-refractivity contribution in [3.8, 4) is 5.75 Å². The van der Waals surface area contributed by atoms with Crippen LogP contribution in [-0.2, 0) is 9.59 Å². The van der Waals surface area contributed by atoms with E-state index in [1.54, 1.807) is 12.1 Å². The molecule has 1 atom stereocenters. The molecule has 59 heavy (non-hydrogen) atoms. The van der Waals surface area contributed by atoms with Crippen LogP contribution in [0, 0.1) is 5.92 Å². The van der Waals surface area contributed by atoms with Crippen LogP contribution >= 0.6 is 0 Å². The molecule has 11 nitrogen and oxygen atoms in total. The topological polar surface area (TPSA) is 123 Å². The normalized spacial score (nSPS) is 19.4. The highest BCUT2D eigenvalue weighted by Gasteiger charge is 2.44. The van der Waals surface area contributed by atoms with Gasteiger partial charge in [-0.05, 0) is 121 Å². The van der Waals surface area contributed by atoms with Gasteiger partial charge in [0.1, 0.15) is 11.8 Å². The molecular weight excluding hydrogens is 741 g/mol. The number of nitrogens with zero attached hydrogens (tertiary/aromatic N) is 4. The summed E-state index contributed by atoms with van der Waals surface area (Å²) < 4.78 is 5.18. The second-order valence-electron chi connectivity index (χ2n) is 15.9. The van der Waals surface area contributed by atoms with Crippen LogP contribution in [0.25, 0.3) is 11.1 Å². The van der Waals surface area contributed by atoms with Gasteiger partial charge in [0.05, 0.1) is 11.1 Å². The maximum Gasteiger partial charge on any atom is 0.569 e. The average molecular weight is 793 g/mol. The highest BCUT2D eigenvalue weighted by Crippen LogP contribution is 2.37. The molecule has 0 aliphatic carbocycles. The third-order valence-electron chi connectivity index (χ3n) is 12.5. The van der Waals surface area contributed by atoms with Crippen LogP contribution in [0.2, 0.25) is 0 Å². The number of piperidine rings is 2. The zero-order valence-corrected chi connectivity index (χ0v) is 33.6. The second kappa shape index (κ2) is 18.1. The molecule has 1 unspecified atom stereocenters. The molecule has 4 heterocycles. The Bertz CT molecular complexity index is 2200. The van der Waals surface area contributed by atoms with Gasteiger partial charge in [-0.1, -0.05) is 61.5 Å². The second-order valence-corrected chi connectivity index (χ2v) is 15.9. The third kappa shape index (κ3) is 8.70. The van der Waals surface area contributed by atoms with E-state index in [-0.39, 0.29) is 18.7 Å². The summed E-state index contributed by atoms with van der Waals surface area (Å²) in [5.41, 5.74) is 8.76. The molecule has 1 radical (unpaired) electrons. The first-order valence-electron chi connectivity index (χ1n) is 21.0. The van der Waals surface area contributed by atoms with Crippen LogP contribution in [0.5, 0.6) is 5.75 Å². The zero-order valence-electron chi connectivity index (χ0n) is 33.6. The molecule has 3 saturated heterocycles. The Morgan fingerprint density at radius 3 is 2.03 bits per heavy atom. The molecule has 4 aliphatic rings. The fourth-order valence-corrected chi connectivity index (χ4v) is 9.25. The number of rotatable bonds is 13. The van der Waals surface area contributed by atoms with Crippen molar-refractivity contribution in [1.82, 2.24) is 15.1 Å². The number of fused-ring (bicyclic) bond motifs is 1. The first-order chi connectivity index (χ1) is 28.8. The lowest BCUT2D eigenvalue weighted by molar-refractivity contribution is -0.136. The van der Waals surface area contributed by atoms with Crippen LogP contribution < -0.4 is 19.8 Å². The van der Waals surface area contributed by atoms with Crippen molar-refractivity contribution in [3.63, 3.8) is 0 Å². The van der Waals surface area contributed by atoms with Gasteiger partial charge in [0, 0.05) is 57.1 Å². The number of allylic oxidation sites excluding steroid dienone is 1. The van der Waals surface area contributed by atoms with Gasteiger partial charge in [0.25, 0.3) is 11.8 Å². The first-order valence-corrected chi connectivity index (χ1v) is 21.0. The fraction of sp³-hybridized carbons (Fsp3) is 0.362. The minimum Gasteiger partial charge on any atom is -0.537 e. The predicted octanol–water partition coefficient (Wildman–Crippen LogP) is 6.18.